The first-order valence-electron chi connectivity index (χ1n) is 13.6. The standard InChI is InChI=1S/C28H33N7O9/c1-15(37)32-22(8-16-11-30-20-5-3-2-4-19(16)20)28(44)34-21(6-7-24(38)39)26(42)35-23(9-17-12-29-14-31-17)27(43)33-18(13-36)10-25(40)41/h2-5,11-14,18,21-23,30H,6-10H2,1H3,(H,29,31)(H,32,37)(H,33,43)(H,34,44)(H,35,42)(H,38,39)(H,40,41)/t18-,21+,22+,23+/m0/s1. The fourth-order valence-electron chi connectivity index (χ4n) is 4.49. The molecule has 44 heavy (non-hydrogen) atoms. The molecule has 0 spiro atoms. The summed E-state index contributed by atoms with van der Waals surface area (Å²) in [5.41, 5.74) is 1.93. The third-order valence-corrected chi connectivity index (χ3v) is 6.57. The number of nitrogens with one attached hydrogen (secondary N) is 6. The minimum atomic E-state index is -1.45. The number of imidazole rings is 1. The third-order valence-electron chi connectivity index (χ3n) is 6.57. The normalized spacial score (nSPS) is 13.6. The lowest BCUT2D eigenvalue weighted by atomic mass is 10.0. The van der Waals surface area contributed by atoms with Crippen LogP contribution in [0.3, 0.4) is 0 Å². The molecule has 2 aromatic heterocycles. The van der Waals surface area contributed by atoms with Gasteiger partial charge in [0, 0.05) is 55.2 Å². The monoisotopic (exact) mass is 611 g/mol. The maximum absolute atomic E-state index is 13.4. The molecule has 1 aromatic carbocycles. The number of carbonyl (C=O) groups excluding carboxylic acids is 5. The number of benzene rings is 1. The van der Waals surface area contributed by atoms with Crippen LogP contribution in [0.15, 0.2) is 43.0 Å². The Morgan fingerprint density at radius 2 is 1.52 bits per heavy atom. The summed E-state index contributed by atoms with van der Waals surface area (Å²) in [6, 6.07) is 1.98. The Hall–Kier alpha value is -5.54. The molecule has 2 heterocycles. The van der Waals surface area contributed by atoms with E-state index in [1.807, 2.05) is 24.3 Å². The van der Waals surface area contributed by atoms with Crippen molar-refractivity contribution in [1.29, 1.82) is 0 Å². The third kappa shape index (κ3) is 9.78. The van der Waals surface area contributed by atoms with E-state index in [4.69, 9.17) is 5.11 Å². The van der Waals surface area contributed by atoms with Gasteiger partial charge in [-0.2, -0.15) is 0 Å². The number of carbonyl (C=O) groups is 7. The Morgan fingerprint density at radius 1 is 0.864 bits per heavy atom. The van der Waals surface area contributed by atoms with E-state index >= 15 is 0 Å². The molecular weight excluding hydrogens is 578 g/mol. The van der Waals surface area contributed by atoms with Crippen LogP contribution in [0.4, 0.5) is 0 Å². The second-order valence-corrected chi connectivity index (χ2v) is 10.0. The molecule has 0 saturated carbocycles. The molecule has 0 radical (unpaired) electrons. The van der Waals surface area contributed by atoms with E-state index in [0.717, 1.165) is 10.9 Å². The fourth-order valence-corrected chi connectivity index (χ4v) is 4.49. The predicted octanol–water partition coefficient (Wildman–Crippen LogP) is -0.826. The summed E-state index contributed by atoms with van der Waals surface area (Å²) < 4.78 is 0. The molecule has 0 aliphatic heterocycles. The molecule has 4 amide bonds. The van der Waals surface area contributed by atoms with Crippen LogP contribution in [0.5, 0.6) is 0 Å². The molecule has 0 aliphatic rings. The van der Waals surface area contributed by atoms with Crippen LogP contribution in [-0.4, -0.2) is 91.2 Å². The summed E-state index contributed by atoms with van der Waals surface area (Å²) in [4.78, 5) is 95.3. The lowest BCUT2D eigenvalue weighted by Crippen LogP contribution is -2.58. The highest BCUT2D eigenvalue weighted by atomic mass is 16.4. The highest BCUT2D eigenvalue weighted by Crippen LogP contribution is 2.19. The van der Waals surface area contributed by atoms with Crippen LogP contribution in [-0.2, 0) is 46.4 Å². The average Bonchev–Trinajstić information content (AvgIpc) is 3.63. The summed E-state index contributed by atoms with van der Waals surface area (Å²) in [5, 5.41) is 28.8. The Balaban J connectivity index is 1.82. The maximum Gasteiger partial charge on any atom is 0.305 e. The number of aromatic amines is 2. The van der Waals surface area contributed by atoms with Crippen LogP contribution >= 0.6 is 0 Å². The van der Waals surface area contributed by atoms with Gasteiger partial charge in [-0.3, -0.25) is 28.8 Å². The molecule has 3 rings (SSSR count). The number of fused-ring (bicyclic) bond motifs is 1. The first-order chi connectivity index (χ1) is 21.0. The number of aromatic nitrogens is 3. The van der Waals surface area contributed by atoms with E-state index in [0.29, 0.717) is 11.3 Å². The van der Waals surface area contributed by atoms with Crippen LogP contribution in [0.25, 0.3) is 10.9 Å². The molecule has 234 valence electrons. The number of hydrogen-bond donors (Lipinski definition) is 8. The van der Waals surface area contributed by atoms with Crippen LogP contribution in [0.1, 0.15) is 37.4 Å². The van der Waals surface area contributed by atoms with Crippen molar-refractivity contribution in [3.05, 3.63) is 54.2 Å². The summed E-state index contributed by atoms with van der Waals surface area (Å²) in [5.74, 6) is -5.69. The minimum Gasteiger partial charge on any atom is -0.481 e. The number of carboxylic acid groups (broad SMARTS) is 2. The zero-order valence-electron chi connectivity index (χ0n) is 23.7. The highest BCUT2D eigenvalue weighted by molar-refractivity contribution is 5.95. The molecule has 0 saturated heterocycles. The van der Waals surface area contributed by atoms with E-state index in [-0.39, 0.29) is 25.5 Å². The number of hydrogen-bond acceptors (Lipinski definition) is 8. The number of H-pyrrole nitrogens is 2. The molecule has 16 heteroatoms. The predicted molar refractivity (Wildman–Crippen MR) is 153 cm³/mol. The van der Waals surface area contributed by atoms with Crippen molar-refractivity contribution in [3.63, 3.8) is 0 Å². The Morgan fingerprint density at radius 3 is 2.16 bits per heavy atom. The van der Waals surface area contributed by atoms with Gasteiger partial charge in [0.1, 0.15) is 24.4 Å². The Kier molecular flexibility index (Phi) is 11.7. The summed E-state index contributed by atoms with van der Waals surface area (Å²) in [6.45, 7) is 1.22. The van der Waals surface area contributed by atoms with E-state index in [2.05, 4.69) is 36.2 Å². The number of nitrogens with zero attached hydrogens (tertiary/aromatic N) is 1. The first kappa shape index (κ1) is 33.0. The average molecular weight is 612 g/mol. The van der Waals surface area contributed by atoms with Gasteiger partial charge in [0.2, 0.25) is 23.6 Å². The van der Waals surface area contributed by atoms with Crippen molar-refractivity contribution in [2.75, 3.05) is 0 Å². The van der Waals surface area contributed by atoms with E-state index in [9.17, 15) is 38.7 Å². The quantitative estimate of drug-likeness (QED) is 0.0880. The van der Waals surface area contributed by atoms with Gasteiger partial charge in [0.25, 0.3) is 0 Å². The van der Waals surface area contributed by atoms with Crippen LogP contribution in [0, 0.1) is 0 Å². The minimum absolute atomic E-state index is 0.0458. The van der Waals surface area contributed by atoms with Gasteiger partial charge in [0.15, 0.2) is 0 Å². The largest absolute Gasteiger partial charge is 0.481 e. The number of amides is 4. The van der Waals surface area contributed by atoms with Gasteiger partial charge in [-0.25, -0.2) is 4.98 Å². The number of para-hydroxylation sites is 1. The molecule has 0 aliphatic carbocycles. The van der Waals surface area contributed by atoms with Crippen molar-refractivity contribution in [1.82, 2.24) is 36.2 Å². The van der Waals surface area contributed by atoms with Gasteiger partial charge >= 0.3 is 11.9 Å². The van der Waals surface area contributed by atoms with Crippen LogP contribution in [0.2, 0.25) is 0 Å². The summed E-state index contributed by atoms with van der Waals surface area (Å²) in [6.07, 6.45) is 2.96. The molecule has 8 N–H and O–H groups in total. The molecule has 3 aromatic rings. The number of aldehydes is 1. The van der Waals surface area contributed by atoms with Crippen molar-refractivity contribution < 1.29 is 43.8 Å². The maximum atomic E-state index is 13.4. The van der Waals surface area contributed by atoms with Crippen molar-refractivity contribution in [2.24, 2.45) is 0 Å². The smallest absolute Gasteiger partial charge is 0.305 e. The lowest BCUT2D eigenvalue weighted by molar-refractivity contribution is -0.140. The van der Waals surface area contributed by atoms with E-state index in [1.165, 1.54) is 19.4 Å². The highest BCUT2D eigenvalue weighted by Gasteiger charge is 2.31. The number of aliphatic carboxylic acids is 2. The van der Waals surface area contributed by atoms with Crippen molar-refractivity contribution in [2.45, 2.75) is 63.2 Å². The van der Waals surface area contributed by atoms with Gasteiger partial charge in [-0.1, -0.05) is 18.2 Å². The van der Waals surface area contributed by atoms with Crippen molar-refractivity contribution in [3.8, 4) is 0 Å². The molecule has 0 unspecified atom stereocenters. The van der Waals surface area contributed by atoms with Gasteiger partial charge in [-0.15, -0.1) is 0 Å². The van der Waals surface area contributed by atoms with Gasteiger partial charge in [-0.05, 0) is 18.1 Å². The lowest BCUT2D eigenvalue weighted by Gasteiger charge is -2.25. The first-order valence-corrected chi connectivity index (χ1v) is 13.6. The number of rotatable bonds is 17. The summed E-state index contributed by atoms with van der Waals surface area (Å²) in [7, 11) is 0. The van der Waals surface area contributed by atoms with Gasteiger partial charge < -0.3 is 46.2 Å². The van der Waals surface area contributed by atoms with E-state index in [1.54, 1.807) is 6.20 Å². The SMILES string of the molecule is CC(=O)N[C@H](Cc1c[nH]c2ccccc12)C(=O)N[C@H](CCC(=O)O)C(=O)N[C@H](Cc1cnc[nH]1)C(=O)N[C@H](C=O)CC(=O)O. The zero-order valence-corrected chi connectivity index (χ0v) is 23.7. The number of carboxylic acids is 2. The molecule has 16 nitrogen and oxygen atoms in total. The second kappa shape index (κ2) is 15.6. The topological polar surface area (TPSA) is 253 Å². The second-order valence-electron chi connectivity index (χ2n) is 10.0. The van der Waals surface area contributed by atoms with Crippen LogP contribution < -0.4 is 21.3 Å². The molecular formula is C28H33N7O9. The van der Waals surface area contributed by atoms with Gasteiger partial charge in [0.05, 0.1) is 18.8 Å². The van der Waals surface area contributed by atoms with Crippen molar-refractivity contribution >= 4 is 52.8 Å². The Bertz CT molecular complexity index is 1500. The molecule has 4 atom stereocenters. The summed E-state index contributed by atoms with van der Waals surface area (Å²) >= 11 is 0. The molecule has 0 fully saturated rings. The Labute approximate surface area is 250 Å². The van der Waals surface area contributed by atoms with E-state index < -0.39 is 72.6 Å². The molecule has 0 bridgehead atoms. The fraction of sp³-hybridized carbons (Fsp3) is 0.357. The zero-order chi connectivity index (χ0) is 32.2.